The molecule has 6 nitrogen and oxygen atoms in total. The molecule has 1 amide bonds. The molecular formula is C21H22ClN3O3. The highest BCUT2D eigenvalue weighted by Gasteiger charge is 2.10. The second-order valence-electron chi connectivity index (χ2n) is 6.06. The standard InChI is InChI=1S/C21H22ClN3O3/c1-2-27-9-10-28-15-16-5-3-7-19(11-16)24-21(26)17-13-23-25(14-17)20-8-4-6-18(22)12-20/h3-8,11-14H,2,9-10,15H2,1H3,(H,24,26). The van der Waals surface area contributed by atoms with E-state index in [2.05, 4.69) is 10.4 Å². The first kappa shape index (κ1) is 20.1. The van der Waals surface area contributed by atoms with Gasteiger partial charge in [0.05, 0.1) is 37.3 Å². The second-order valence-corrected chi connectivity index (χ2v) is 6.49. The van der Waals surface area contributed by atoms with Gasteiger partial charge in [-0.05, 0) is 42.8 Å². The summed E-state index contributed by atoms with van der Waals surface area (Å²) in [5.74, 6) is -0.234. The number of hydrogen-bond acceptors (Lipinski definition) is 4. The summed E-state index contributed by atoms with van der Waals surface area (Å²) in [4.78, 5) is 12.5. The number of ether oxygens (including phenoxy) is 2. The molecule has 3 rings (SSSR count). The minimum atomic E-state index is -0.234. The van der Waals surface area contributed by atoms with Gasteiger partial charge in [-0.2, -0.15) is 5.10 Å². The van der Waals surface area contributed by atoms with Crippen LogP contribution in [0, 0.1) is 0 Å². The van der Waals surface area contributed by atoms with Gasteiger partial charge >= 0.3 is 0 Å². The average Bonchev–Trinajstić information content (AvgIpc) is 3.19. The van der Waals surface area contributed by atoms with Crippen LogP contribution in [0.2, 0.25) is 5.02 Å². The molecule has 0 unspecified atom stereocenters. The maximum Gasteiger partial charge on any atom is 0.258 e. The number of halogens is 1. The van der Waals surface area contributed by atoms with Gasteiger partial charge in [-0.15, -0.1) is 0 Å². The number of carbonyl (C=O) groups excluding carboxylic acids is 1. The maximum atomic E-state index is 12.5. The van der Waals surface area contributed by atoms with Gasteiger partial charge < -0.3 is 14.8 Å². The molecule has 0 atom stereocenters. The third-order valence-electron chi connectivity index (χ3n) is 3.95. The molecule has 28 heavy (non-hydrogen) atoms. The lowest BCUT2D eigenvalue weighted by Gasteiger charge is -2.08. The van der Waals surface area contributed by atoms with Crippen LogP contribution in [0.4, 0.5) is 5.69 Å². The van der Waals surface area contributed by atoms with Gasteiger partial charge in [0.2, 0.25) is 0 Å². The van der Waals surface area contributed by atoms with E-state index in [1.54, 1.807) is 23.0 Å². The lowest BCUT2D eigenvalue weighted by Crippen LogP contribution is -2.11. The number of amides is 1. The van der Waals surface area contributed by atoms with Crippen LogP contribution in [-0.2, 0) is 16.1 Å². The highest BCUT2D eigenvalue weighted by atomic mass is 35.5. The number of rotatable bonds is 9. The Bertz CT molecular complexity index is 927. The van der Waals surface area contributed by atoms with E-state index in [-0.39, 0.29) is 5.91 Å². The van der Waals surface area contributed by atoms with Crippen molar-refractivity contribution in [2.75, 3.05) is 25.1 Å². The van der Waals surface area contributed by atoms with Crippen molar-refractivity contribution < 1.29 is 14.3 Å². The molecular weight excluding hydrogens is 378 g/mol. The van der Waals surface area contributed by atoms with Crippen molar-refractivity contribution in [3.8, 4) is 5.69 Å². The number of hydrogen-bond donors (Lipinski definition) is 1. The van der Waals surface area contributed by atoms with Gasteiger partial charge in [0.1, 0.15) is 0 Å². The minimum Gasteiger partial charge on any atom is -0.379 e. The van der Waals surface area contributed by atoms with E-state index in [0.717, 1.165) is 11.3 Å². The molecule has 0 aliphatic rings. The summed E-state index contributed by atoms with van der Waals surface area (Å²) in [6, 6.07) is 14.8. The quantitative estimate of drug-likeness (QED) is 0.544. The fourth-order valence-electron chi connectivity index (χ4n) is 2.59. The zero-order valence-corrected chi connectivity index (χ0v) is 16.4. The van der Waals surface area contributed by atoms with Crippen molar-refractivity contribution in [1.82, 2.24) is 9.78 Å². The fraction of sp³-hybridized carbons (Fsp3) is 0.238. The molecule has 146 valence electrons. The molecule has 0 fully saturated rings. The molecule has 1 heterocycles. The lowest BCUT2D eigenvalue weighted by molar-refractivity contribution is 0.0453. The van der Waals surface area contributed by atoms with Crippen LogP contribution in [0.3, 0.4) is 0 Å². The third-order valence-corrected chi connectivity index (χ3v) is 4.18. The molecule has 3 aromatic rings. The molecule has 0 aliphatic heterocycles. The van der Waals surface area contributed by atoms with E-state index >= 15 is 0 Å². The zero-order valence-electron chi connectivity index (χ0n) is 15.6. The number of aromatic nitrogens is 2. The number of anilines is 1. The Morgan fingerprint density at radius 2 is 1.96 bits per heavy atom. The molecule has 1 aromatic heterocycles. The van der Waals surface area contributed by atoms with E-state index in [4.69, 9.17) is 21.1 Å². The second kappa shape index (κ2) is 10.0. The van der Waals surface area contributed by atoms with E-state index in [9.17, 15) is 4.79 Å². The first-order valence-electron chi connectivity index (χ1n) is 9.02. The smallest absolute Gasteiger partial charge is 0.258 e. The predicted octanol–water partition coefficient (Wildman–Crippen LogP) is 4.33. The highest BCUT2D eigenvalue weighted by molar-refractivity contribution is 6.30. The molecule has 7 heteroatoms. The van der Waals surface area contributed by atoms with Crippen LogP contribution in [0.1, 0.15) is 22.8 Å². The summed E-state index contributed by atoms with van der Waals surface area (Å²) in [5, 5.41) is 7.74. The highest BCUT2D eigenvalue weighted by Crippen LogP contribution is 2.16. The lowest BCUT2D eigenvalue weighted by atomic mass is 10.2. The normalized spacial score (nSPS) is 10.8. The summed E-state index contributed by atoms with van der Waals surface area (Å²) in [6.45, 7) is 4.20. The molecule has 0 aliphatic carbocycles. The van der Waals surface area contributed by atoms with E-state index in [1.165, 1.54) is 6.20 Å². The van der Waals surface area contributed by atoms with Gasteiger partial charge in [0, 0.05) is 23.5 Å². The summed E-state index contributed by atoms with van der Waals surface area (Å²) in [6.07, 6.45) is 3.19. The van der Waals surface area contributed by atoms with Crippen molar-refractivity contribution in [2.24, 2.45) is 0 Å². The van der Waals surface area contributed by atoms with Gasteiger partial charge in [-0.25, -0.2) is 4.68 Å². The number of nitrogens with zero attached hydrogens (tertiary/aromatic N) is 2. The first-order chi connectivity index (χ1) is 13.7. The molecule has 0 saturated carbocycles. The van der Waals surface area contributed by atoms with Crippen molar-refractivity contribution in [3.05, 3.63) is 77.1 Å². The van der Waals surface area contributed by atoms with Crippen LogP contribution in [0.15, 0.2) is 60.9 Å². The van der Waals surface area contributed by atoms with E-state index < -0.39 is 0 Å². The Hall–Kier alpha value is -2.67. The largest absolute Gasteiger partial charge is 0.379 e. The number of benzene rings is 2. The molecule has 0 radical (unpaired) electrons. The van der Waals surface area contributed by atoms with Crippen molar-refractivity contribution in [3.63, 3.8) is 0 Å². The predicted molar refractivity (Wildman–Crippen MR) is 109 cm³/mol. The van der Waals surface area contributed by atoms with Crippen LogP contribution >= 0.6 is 11.6 Å². The molecule has 2 aromatic carbocycles. The Labute approximate surface area is 169 Å². The van der Waals surface area contributed by atoms with Crippen molar-refractivity contribution >= 4 is 23.2 Å². The third kappa shape index (κ3) is 5.66. The topological polar surface area (TPSA) is 65.4 Å². The van der Waals surface area contributed by atoms with Crippen LogP contribution < -0.4 is 5.32 Å². The Morgan fingerprint density at radius 3 is 2.79 bits per heavy atom. The Morgan fingerprint density at radius 1 is 1.14 bits per heavy atom. The minimum absolute atomic E-state index is 0.234. The van der Waals surface area contributed by atoms with Crippen LogP contribution in [0.25, 0.3) is 5.69 Å². The SMILES string of the molecule is CCOCCOCc1cccc(NC(=O)c2cnn(-c3cccc(Cl)c3)c2)c1. The van der Waals surface area contributed by atoms with Crippen molar-refractivity contribution in [1.29, 1.82) is 0 Å². The van der Waals surface area contributed by atoms with Crippen LogP contribution in [-0.4, -0.2) is 35.5 Å². The van der Waals surface area contributed by atoms with Gasteiger partial charge in [-0.3, -0.25) is 4.79 Å². The maximum absolute atomic E-state index is 12.5. The summed E-state index contributed by atoms with van der Waals surface area (Å²) < 4.78 is 12.4. The molecule has 0 spiro atoms. The van der Waals surface area contributed by atoms with Gasteiger partial charge in [0.25, 0.3) is 5.91 Å². The summed E-state index contributed by atoms with van der Waals surface area (Å²) in [7, 11) is 0. The molecule has 0 saturated heterocycles. The van der Waals surface area contributed by atoms with Crippen molar-refractivity contribution in [2.45, 2.75) is 13.5 Å². The average molecular weight is 400 g/mol. The molecule has 1 N–H and O–H groups in total. The van der Waals surface area contributed by atoms with Gasteiger partial charge in [0.15, 0.2) is 0 Å². The first-order valence-corrected chi connectivity index (χ1v) is 9.40. The van der Waals surface area contributed by atoms with E-state index in [0.29, 0.717) is 42.7 Å². The zero-order chi connectivity index (χ0) is 19.8. The summed E-state index contributed by atoms with van der Waals surface area (Å²) in [5.41, 5.74) is 2.92. The molecule has 0 bridgehead atoms. The monoisotopic (exact) mass is 399 g/mol. The van der Waals surface area contributed by atoms with E-state index in [1.807, 2.05) is 43.3 Å². The number of nitrogens with one attached hydrogen (secondary N) is 1. The fourth-order valence-corrected chi connectivity index (χ4v) is 2.78. The summed E-state index contributed by atoms with van der Waals surface area (Å²) >= 11 is 6.01. The Kier molecular flexibility index (Phi) is 7.19. The Balaban J connectivity index is 1.60. The van der Waals surface area contributed by atoms with Crippen LogP contribution in [0.5, 0.6) is 0 Å². The number of carbonyl (C=O) groups is 1. The van der Waals surface area contributed by atoms with Gasteiger partial charge in [-0.1, -0.05) is 29.8 Å².